The monoisotopic (exact) mass is 444 g/mol. The Hall–Kier alpha value is -3.57. The Morgan fingerprint density at radius 1 is 1.10 bits per heavy atom. The maximum absolute atomic E-state index is 13.8. The highest BCUT2D eigenvalue weighted by atomic mass is 19.4. The number of hydrogen-bond acceptors (Lipinski definition) is 4. The van der Waals surface area contributed by atoms with Crippen LogP contribution in [-0.2, 0) is 13.2 Å². The van der Waals surface area contributed by atoms with Gasteiger partial charge in [0.05, 0.1) is 5.56 Å². The van der Waals surface area contributed by atoms with Crippen molar-refractivity contribution in [1.29, 1.82) is 0 Å². The summed E-state index contributed by atoms with van der Waals surface area (Å²) in [7, 11) is 1.32. The molecule has 1 atom stereocenters. The van der Waals surface area contributed by atoms with Crippen molar-refractivity contribution in [2.45, 2.75) is 19.2 Å². The third-order valence-corrected chi connectivity index (χ3v) is 4.38. The zero-order valence-corrected chi connectivity index (χ0v) is 16.0. The van der Waals surface area contributed by atoms with Crippen LogP contribution >= 0.6 is 0 Å². The Bertz CT molecular complexity index is 1140. The predicted octanol–water partition coefficient (Wildman–Crippen LogP) is 4.16. The highest BCUT2D eigenvalue weighted by Crippen LogP contribution is 2.37. The number of nitrogens with two attached hydrogens (primary N) is 1. The van der Waals surface area contributed by atoms with Crippen LogP contribution in [0.4, 0.5) is 26.3 Å². The number of aromatic nitrogens is 3. The average Bonchev–Trinajstić information content (AvgIpc) is 3.04. The van der Waals surface area contributed by atoms with Crippen molar-refractivity contribution in [2.75, 3.05) is 0 Å². The number of carbonyl (C=O) groups excluding carboxylic acids is 1. The lowest BCUT2D eigenvalue weighted by atomic mass is 10.0. The standard InChI is InChI=1S/C19H14F6N4O2/c1-8(31-15-13(21)6-10(20)7-14(15)22)17-27-28-18(29(17)2)11-4-3-9(16(26)30)5-12(11)19(23,24)25/h3-8H,1-2H3,(H2,26,30)/t8-/m0/s1. The second kappa shape index (κ2) is 7.93. The molecular formula is C19H14F6N4O2. The molecule has 164 valence electrons. The number of rotatable bonds is 5. The van der Waals surface area contributed by atoms with E-state index < -0.39 is 52.5 Å². The smallest absolute Gasteiger partial charge is 0.417 e. The van der Waals surface area contributed by atoms with Gasteiger partial charge in [0.15, 0.2) is 35.1 Å². The van der Waals surface area contributed by atoms with Crippen LogP contribution in [0.3, 0.4) is 0 Å². The van der Waals surface area contributed by atoms with Crippen molar-refractivity contribution in [3.8, 4) is 17.1 Å². The molecule has 0 bridgehead atoms. The Kier molecular flexibility index (Phi) is 5.66. The summed E-state index contributed by atoms with van der Waals surface area (Å²) in [6.45, 7) is 1.33. The molecule has 0 spiro atoms. The quantitative estimate of drug-likeness (QED) is 0.600. The molecular weight excluding hydrogens is 430 g/mol. The minimum Gasteiger partial charge on any atom is -0.477 e. The average molecular weight is 444 g/mol. The first-order valence-corrected chi connectivity index (χ1v) is 8.62. The first kappa shape index (κ1) is 22.1. The minimum absolute atomic E-state index is 0.0646. The Balaban J connectivity index is 2.02. The summed E-state index contributed by atoms with van der Waals surface area (Å²) >= 11 is 0. The maximum Gasteiger partial charge on any atom is 0.417 e. The number of halogens is 6. The van der Waals surface area contributed by atoms with Gasteiger partial charge in [0, 0.05) is 30.3 Å². The third-order valence-electron chi connectivity index (χ3n) is 4.38. The van der Waals surface area contributed by atoms with E-state index in [1.807, 2.05) is 0 Å². The topological polar surface area (TPSA) is 83.0 Å². The number of nitrogens with zero attached hydrogens (tertiary/aromatic N) is 3. The van der Waals surface area contributed by atoms with Crippen LogP contribution in [0.15, 0.2) is 30.3 Å². The van der Waals surface area contributed by atoms with E-state index in [9.17, 15) is 31.1 Å². The van der Waals surface area contributed by atoms with Crippen LogP contribution in [0.2, 0.25) is 0 Å². The van der Waals surface area contributed by atoms with Crippen molar-refractivity contribution in [2.24, 2.45) is 12.8 Å². The molecule has 0 radical (unpaired) electrons. The Labute approximate surface area is 171 Å². The molecule has 0 aliphatic heterocycles. The number of ether oxygens (including phenoxy) is 1. The molecule has 0 saturated heterocycles. The van der Waals surface area contributed by atoms with E-state index in [1.54, 1.807) is 0 Å². The molecule has 3 aromatic rings. The molecule has 0 saturated carbocycles. The molecule has 12 heteroatoms. The van der Waals surface area contributed by atoms with E-state index in [0.717, 1.165) is 16.7 Å². The summed E-state index contributed by atoms with van der Waals surface area (Å²) in [4.78, 5) is 11.3. The van der Waals surface area contributed by atoms with E-state index in [1.165, 1.54) is 14.0 Å². The van der Waals surface area contributed by atoms with E-state index in [2.05, 4.69) is 10.2 Å². The van der Waals surface area contributed by atoms with Gasteiger partial charge in [0.1, 0.15) is 5.82 Å². The predicted molar refractivity (Wildman–Crippen MR) is 95.3 cm³/mol. The third kappa shape index (κ3) is 4.32. The highest BCUT2D eigenvalue weighted by Gasteiger charge is 2.36. The minimum atomic E-state index is -4.84. The van der Waals surface area contributed by atoms with Gasteiger partial charge in [-0.15, -0.1) is 10.2 Å². The van der Waals surface area contributed by atoms with Gasteiger partial charge in [0.25, 0.3) is 0 Å². The van der Waals surface area contributed by atoms with E-state index in [0.29, 0.717) is 18.2 Å². The highest BCUT2D eigenvalue weighted by molar-refractivity contribution is 5.93. The second-order valence-corrected chi connectivity index (χ2v) is 6.52. The van der Waals surface area contributed by atoms with Crippen molar-refractivity contribution >= 4 is 5.91 Å². The molecule has 1 aromatic heterocycles. The molecule has 31 heavy (non-hydrogen) atoms. The summed E-state index contributed by atoms with van der Waals surface area (Å²) in [5.41, 5.74) is 3.14. The van der Waals surface area contributed by atoms with Crippen LogP contribution < -0.4 is 10.5 Å². The number of amides is 1. The van der Waals surface area contributed by atoms with Gasteiger partial charge < -0.3 is 15.0 Å². The number of carbonyl (C=O) groups is 1. The molecule has 1 heterocycles. The summed E-state index contributed by atoms with van der Waals surface area (Å²) in [6.07, 6.45) is -6.00. The molecule has 0 aliphatic carbocycles. The fourth-order valence-electron chi connectivity index (χ4n) is 2.93. The van der Waals surface area contributed by atoms with Gasteiger partial charge in [-0.2, -0.15) is 13.2 Å². The SMILES string of the molecule is C[C@H](Oc1c(F)cc(F)cc1F)c1nnc(-c2ccc(C(N)=O)cc2C(F)(F)F)n1C. The molecule has 3 rings (SSSR count). The number of benzene rings is 2. The fraction of sp³-hybridized carbons (Fsp3) is 0.211. The van der Waals surface area contributed by atoms with E-state index in [4.69, 9.17) is 10.5 Å². The Morgan fingerprint density at radius 2 is 1.71 bits per heavy atom. The van der Waals surface area contributed by atoms with Gasteiger partial charge >= 0.3 is 6.18 Å². The molecule has 1 amide bonds. The molecule has 2 aromatic carbocycles. The lowest BCUT2D eigenvalue weighted by Crippen LogP contribution is -2.15. The molecule has 0 unspecified atom stereocenters. The van der Waals surface area contributed by atoms with Gasteiger partial charge in [-0.1, -0.05) is 0 Å². The number of primary amides is 1. The van der Waals surface area contributed by atoms with E-state index in [-0.39, 0.29) is 17.2 Å². The first-order chi connectivity index (χ1) is 14.4. The number of hydrogen-bond donors (Lipinski definition) is 1. The maximum atomic E-state index is 13.8. The van der Waals surface area contributed by atoms with Gasteiger partial charge in [-0.3, -0.25) is 4.79 Å². The molecule has 2 N–H and O–H groups in total. The Morgan fingerprint density at radius 3 is 2.26 bits per heavy atom. The normalized spacial score (nSPS) is 12.6. The second-order valence-electron chi connectivity index (χ2n) is 6.52. The van der Waals surface area contributed by atoms with Gasteiger partial charge in [-0.05, 0) is 25.1 Å². The summed E-state index contributed by atoms with van der Waals surface area (Å²) in [5.74, 6) is -5.96. The summed E-state index contributed by atoms with van der Waals surface area (Å²) in [5, 5.41) is 7.48. The first-order valence-electron chi connectivity index (χ1n) is 8.62. The largest absolute Gasteiger partial charge is 0.477 e. The van der Waals surface area contributed by atoms with Gasteiger partial charge in [0.2, 0.25) is 5.91 Å². The van der Waals surface area contributed by atoms with E-state index >= 15 is 0 Å². The zero-order valence-electron chi connectivity index (χ0n) is 16.0. The van der Waals surface area contributed by atoms with Crippen LogP contribution in [0.5, 0.6) is 5.75 Å². The fourth-order valence-corrected chi connectivity index (χ4v) is 2.93. The summed E-state index contributed by atoms with van der Waals surface area (Å²) in [6, 6.07) is 3.55. The van der Waals surface area contributed by atoms with Crippen molar-refractivity contribution in [3.63, 3.8) is 0 Å². The summed E-state index contributed by atoms with van der Waals surface area (Å²) < 4.78 is 87.6. The lowest BCUT2D eigenvalue weighted by Gasteiger charge is -2.16. The number of alkyl halides is 3. The molecule has 0 aliphatic rings. The van der Waals surface area contributed by atoms with Crippen LogP contribution in [0.25, 0.3) is 11.4 Å². The van der Waals surface area contributed by atoms with Gasteiger partial charge in [-0.25, -0.2) is 13.2 Å². The lowest BCUT2D eigenvalue weighted by molar-refractivity contribution is -0.137. The van der Waals surface area contributed by atoms with Crippen molar-refractivity contribution in [3.05, 3.63) is 64.7 Å². The van der Waals surface area contributed by atoms with Crippen LogP contribution in [0.1, 0.15) is 34.8 Å². The molecule has 0 fully saturated rings. The molecule has 6 nitrogen and oxygen atoms in total. The van der Waals surface area contributed by atoms with Crippen molar-refractivity contribution in [1.82, 2.24) is 14.8 Å². The zero-order chi connectivity index (χ0) is 23.1. The van der Waals surface area contributed by atoms with Crippen LogP contribution in [0, 0.1) is 17.5 Å². The van der Waals surface area contributed by atoms with Crippen LogP contribution in [-0.4, -0.2) is 20.7 Å². The van der Waals surface area contributed by atoms with Crippen molar-refractivity contribution < 1.29 is 35.9 Å².